The summed E-state index contributed by atoms with van der Waals surface area (Å²) in [6.07, 6.45) is 3.67. The Balaban J connectivity index is 1.45. The highest BCUT2D eigenvalue weighted by molar-refractivity contribution is 6.39. The van der Waals surface area contributed by atoms with E-state index < -0.39 is 77.8 Å². The molecule has 2 saturated heterocycles. The van der Waals surface area contributed by atoms with E-state index in [0.717, 1.165) is 5.57 Å². The second-order valence-electron chi connectivity index (χ2n) is 19.4. The summed E-state index contributed by atoms with van der Waals surface area (Å²) in [6, 6.07) is 5.55. The predicted octanol–water partition coefficient (Wildman–Crippen LogP) is 7.03. The van der Waals surface area contributed by atoms with Gasteiger partial charge in [-0.05, 0) is 108 Å². The van der Waals surface area contributed by atoms with Crippen LogP contribution in [0.5, 0.6) is 0 Å². The first-order valence-corrected chi connectivity index (χ1v) is 24.2. The van der Waals surface area contributed by atoms with Gasteiger partial charge in [-0.3, -0.25) is 19.2 Å². The van der Waals surface area contributed by atoms with Gasteiger partial charge in [0.2, 0.25) is 5.79 Å². The van der Waals surface area contributed by atoms with Crippen LogP contribution in [0.1, 0.15) is 123 Å². The maximum Gasteiger partial charge on any atom is 0.329 e. The number of fused-ring (bicyclic) bond motifs is 3. The van der Waals surface area contributed by atoms with Crippen LogP contribution in [0, 0.1) is 29.6 Å². The number of nitrogens with zero attached hydrogens (tertiary/aromatic N) is 1. The van der Waals surface area contributed by atoms with E-state index in [4.69, 9.17) is 40.0 Å². The first-order valence-electron chi connectivity index (χ1n) is 23.9. The highest BCUT2D eigenvalue weighted by Gasteiger charge is 2.56. The van der Waals surface area contributed by atoms with Gasteiger partial charge in [-0.15, -0.1) is 0 Å². The van der Waals surface area contributed by atoms with Crippen molar-refractivity contribution in [2.45, 2.75) is 167 Å². The summed E-state index contributed by atoms with van der Waals surface area (Å²) in [5, 5.41) is 24.4. The summed E-state index contributed by atoms with van der Waals surface area (Å²) < 4.78 is 36.4. The van der Waals surface area contributed by atoms with Crippen LogP contribution >= 0.6 is 11.6 Å². The first-order chi connectivity index (χ1) is 31.3. The van der Waals surface area contributed by atoms with Crippen molar-refractivity contribution < 1.29 is 62.6 Å². The van der Waals surface area contributed by atoms with Crippen molar-refractivity contribution >= 4 is 40.8 Å². The molecule has 3 fully saturated rings. The van der Waals surface area contributed by atoms with Gasteiger partial charge in [0.25, 0.3) is 11.7 Å². The van der Waals surface area contributed by atoms with Gasteiger partial charge in [-0.2, -0.15) is 0 Å². The normalized spacial score (nSPS) is 36.2. The topological polar surface area (TPSA) is 184 Å². The zero-order chi connectivity index (χ0) is 48.5. The number of amides is 1. The lowest BCUT2D eigenvalue weighted by Gasteiger charge is -2.47. The Morgan fingerprint density at radius 1 is 0.939 bits per heavy atom. The highest BCUT2D eigenvalue weighted by Crippen LogP contribution is 2.39. The number of esters is 1. The summed E-state index contributed by atoms with van der Waals surface area (Å²) in [5.74, 6) is -7.96. The number of benzene rings is 1. The van der Waals surface area contributed by atoms with Crippen LogP contribution in [0.2, 0.25) is 5.02 Å². The minimum absolute atomic E-state index is 0.0165. The number of Topliss-reactive ketones (excluding diaryl/α,β-unsaturated/α-hetero) is 3. The Kier molecular flexibility index (Phi) is 19.7. The van der Waals surface area contributed by atoms with E-state index in [1.54, 1.807) is 45.2 Å². The maximum atomic E-state index is 14.5. The number of piperidine rings is 1. The Hall–Kier alpha value is -3.34. The van der Waals surface area contributed by atoms with Gasteiger partial charge in [0.1, 0.15) is 30.6 Å². The molecule has 0 spiro atoms. The second-order valence-corrected chi connectivity index (χ2v) is 19.8. The average Bonchev–Trinajstić information content (AvgIpc) is 3.30. The van der Waals surface area contributed by atoms with Gasteiger partial charge < -0.3 is 43.5 Å². The number of rotatable bonds is 10. The van der Waals surface area contributed by atoms with E-state index in [-0.39, 0.29) is 68.0 Å². The van der Waals surface area contributed by atoms with Crippen molar-refractivity contribution in [3.05, 3.63) is 58.1 Å². The number of ketones is 3. The van der Waals surface area contributed by atoms with Gasteiger partial charge in [0.15, 0.2) is 5.78 Å². The summed E-state index contributed by atoms with van der Waals surface area (Å²) in [6.45, 7) is 11.1. The zero-order valence-electron chi connectivity index (χ0n) is 40.4. The van der Waals surface area contributed by atoms with Crippen LogP contribution in [-0.4, -0.2) is 133 Å². The molecule has 0 aromatic heterocycles. The molecule has 3 heterocycles. The molecule has 1 aliphatic carbocycles. The van der Waals surface area contributed by atoms with Crippen LogP contribution in [0.15, 0.2) is 47.6 Å². The second kappa shape index (κ2) is 24.3. The minimum Gasteiger partial charge on any atom is -0.456 e. The Morgan fingerprint density at radius 3 is 2.30 bits per heavy atom. The van der Waals surface area contributed by atoms with E-state index in [1.165, 1.54) is 19.1 Å². The number of methoxy groups -OCH3 is 3. The van der Waals surface area contributed by atoms with Crippen molar-refractivity contribution in [1.82, 2.24) is 4.90 Å². The Bertz CT molecular complexity index is 1920. The van der Waals surface area contributed by atoms with Crippen LogP contribution in [0.4, 0.5) is 0 Å². The number of ether oxygens (including phenoxy) is 6. The molecule has 5 rings (SSSR count). The fourth-order valence-corrected chi connectivity index (χ4v) is 10.7. The molecule has 14 atom stereocenters. The molecule has 1 aromatic carbocycles. The van der Waals surface area contributed by atoms with E-state index in [2.05, 4.69) is 0 Å². The smallest absolute Gasteiger partial charge is 0.329 e. The fraction of sp³-hybridized carbons (Fsp3) is 0.706. The molecule has 14 nitrogen and oxygen atoms in total. The van der Waals surface area contributed by atoms with Crippen molar-refractivity contribution in [3.63, 3.8) is 0 Å². The Morgan fingerprint density at radius 2 is 1.64 bits per heavy atom. The number of hydrogen-bond acceptors (Lipinski definition) is 13. The van der Waals surface area contributed by atoms with Crippen molar-refractivity contribution in [2.75, 3.05) is 34.5 Å². The average molecular weight is 945 g/mol. The number of aliphatic hydroxyl groups excluding tert-OH is 1. The molecule has 1 saturated carbocycles. The zero-order valence-corrected chi connectivity index (χ0v) is 41.1. The standard InChI is InChI=1S/C51H74ClNO13/c1-10-35-21-29(2)20-30(3)22-44(62-8)47-45(63-9)24-32(5)51(60,66-47)48(57)49(58)53-19-12-11-16-38(53)50(59)65-46(33(6)39(54)27-40(35)55)31(4)23-34-17-18-42(43(25-34)61-7)64-28-41(56)36-14-13-15-37(52)26-36/h13-15,21,23,26,30,32-35,38-39,42-47,54,60H,10-12,16-20,22,24-25,27-28H2,1-9H3. The maximum absolute atomic E-state index is 14.5. The van der Waals surface area contributed by atoms with Gasteiger partial charge in [-0.25, -0.2) is 4.79 Å². The van der Waals surface area contributed by atoms with Gasteiger partial charge in [0.05, 0.1) is 30.5 Å². The molecule has 1 amide bonds. The quantitative estimate of drug-likeness (QED) is 0.106. The highest BCUT2D eigenvalue weighted by atomic mass is 35.5. The van der Waals surface area contributed by atoms with Crippen molar-refractivity contribution in [2.24, 2.45) is 29.6 Å². The third kappa shape index (κ3) is 13.0. The third-order valence-corrected chi connectivity index (χ3v) is 14.7. The lowest BCUT2D eigenvalue weighted by molar-refractivity contribution is -0.302. The molecular weight excluding hydrogens is 870 g/mol. The fourth-order valence-electron chi connectivity index (χ4n) is 10.5. The molecule has 368 valence electrons. The Labute approximate surface area is 396 Å². The van der Waals surface area contributed by atoms with Crippen LogP contribution in [0.3, 0.4) is 0 Å². The number of hydrogen-bond donors (Lipinski definition) is 2. The van der Waals surface area contributed by atoms with E-state index in [9.17, 15) is 34.2 Å². The van der Waals surface area contributed by atoms with E-state index >= 15 is 0 Å². The number of allylic oxidation sites excluding steroid dienone is 3. The molecule has 0 radical (unpaired) electrons. The molecule has 15 heteroatoms. The van der Waals surface area contributed by atoms with Crippen molar-refractivity contribution in [1.29, 1.82) is 0 Å². The number of carbonyl (C=O) groups is 5. The number of halogens is 1. The molecule has 2 N–H and O–H groups in total. The molecule has 14 unspecified atom stereocenters. The van der Waals surface area contributed by atoms with Gasteiger partial charge in [-0.1, -0.05) is 69.2 Å². The molecule has 1 aromatic rings. The largest absolute Gasteiger partial charge is 0.456 e. The lowest BCUT2D eigenvalue weighted by atomic mass is 9.81. The third-order valence-electron chi connectivity index (χ3n) is 14.4. The lowest BCUT2D eigenvalue weighted by Crippen LogP contribution is -2.64. The molecule has 3 aliphatic heterocycles. The summed E-state index contributed by atoms with van der Waals surface area (Å²) >= 11 is 6.10. The van der Waals surface area contributed by atoms with E-state index in [1.807, 2.05) is 39.8 Å². The predicted molar refractivity (Wildman–Crippen MR) is 248 cm³/mol. The number of cyclic esters (lactones) is 1. The summed E-state index contributed by atoms with van der Waals surface area (Å²) in [7, 11) is 4.65. The monoisotopic (exact) mass is 943 g/mol. The summed E-state index contributed by atoms with van der Waals surface area (Å²) in [4.78, 5) is 71.3. The van der Waals surface area contributed by atoms with E-state index in [0.29, 0.717) is 67.5 Å². The van der Waals surface area contributed by atoms with Crippen molar-refractivity contribution in [3.8, 4) is 0 Å². The number of carbonyl (C=O) groups excluding carboxylic acids is 5. The SMILES string of the molecule is CCC1C=C(C)CC(C)CC(OC)C2OC(O)(C(=O)C(=O)N3CCCCC3C(=O)OC(C(C)=CC3CCC(OCC(=O)c4cccc(Cl)c4)C(OC)C3)C(C)C(O)CC1=O)C(C)CC2OC. The minimum atomic E-state index is -2.53. The van der Waals surface area contributed by atoms with Crippen LogP contribution in [-0.2, 0) is 47.6 Å². The summed E-state index contributed by atoms with van der Waals surface area (Å²) in [5.41, 5.74) is 2.08. The van der Waals surface area contributed by atoms with Crippen LogP contribution < -0.4 is 0 Å². The molecule has 2 bridgehead atoms. The number of aliphatic hydroxyl groups is 2. The first kappa shape index (κ1) is 53.6. The van der Waals surface area contributed by atoms with Crippen LogP contribution in [0.25, 0.3) is 0 Å². The molecule has 4 aliphatic rings. The van der Waals surface area contributed by atoms with Gasteiger partial charge in [0, 0.05) is 62.6 Å². The molecular formula is C51H74ClNO13. The molecule has 66 heavy (non-hydrogen) atoms. The van der Waals surface area contributed by atoms with Gasteiger partial charge >= 0.3 is 5.97 Å².